The zero-order valence-electron chi connectivity index (χ0n) is 16.8. The highest BCUT2D eigenvalue weighted by Gasteiger charge is 2.17. The quantitative estimate of drug-likeness (QED) is 0.233. The van der Waals surface area contributed by atoms with Crippen molar-refractivity contribution in [1.82, 2.24) is 10.2 Å². The first kappa shape index (κ1) is 21.6. The molecule has 0 bridgehead atoms. The van der Waals surface area contributed by atoms with Gasteiger partial charge in [-0.2, -0.15) is 0 Å². The second kappa shape index (κ2) is 9.66. The van der Waals surface area contributed by atoms with Crippen molar-refractivity contribution >= 4 is 46.6 Å². The van der Waals surface area contributed by atoms with E-state index in [0.29, 0.717) is 11.3 Å². The number of amides is 2. The second-order valence-electron chi connectivity index (χ2n) is 6.55. The summed E-state index contributed by atoms with van der Waals surface area (Å²) in [7, 11) is 0. The Morgan fingerprint density at radius 3 is 2.52 bits per heavy atom. The van der Waals surface area contributed by atoms with E-state index in [-0.39, 0.29) is 29.1 Å². The number of hydrogen-bond acceptors (Lipinski definition) is 8. The third-order valence-corrected chi connectivity index (χ3v) is 5.18. The molecule has 0 aliphatic carbocycles. The van der Waals surface area contributed by atoms with Crippen LogP contribution >= 0.6 is 11.3 Å². The van der Waals surface area contributed by atoms with E-state index in [4.69, 9.17) is 4.42 Å². The third-order valence-electron chi connectivity index (χ3n) is 4.34. The highest BCUT2D eigenvalue weighted by atomic mass is 32.1. The molecule has 0 fully saturated rings. The fourth-order valence-corrected chi connectivity index (χ4v) is 3.41. The van der Waals surface area contributed by atoms with E-state index in [1.807, 2.05) is 17.5 Å². The van der Waals surface area contributed by atoms with Gasteiger partial charge >= 0.3 is 6.01 Å². The lowest BCUT2D eigenvalue weighted by atomic mass is 10.1. The molecule has 33 heavy (non-hydrogen) atoms. The second-order valence-corrected chi connectivity index (χ2v) is 7.53. The molecule has 11 heteroatoms. The van der Waals surface area contributed by atoms with E-state index in [9.17, 15) is 19.7 Å². The molecule has 4 aromatic rings. The summed E-state index contributed by atoms with van der Waals surface area (Å²) in [6.07, 6.45) is 3.07. The monoisotopic (exact) mass is 461 g/mol. The Kier molecular flexibility index (Phi) is 6.32. The minimum atomic E-state index is -0.563. The number of thiophene rings is 1. The van der Waals surface area contributed by atoms with Crippen LogP contribution in [0, 0.1) is 10.1 Å². The number of carbonyl (C=O) groups excluding carboxylic acids is 2. The molecule has 0 saturated carbocycles. The normalized spacial score (nSPS) is 10.8. The number of rotatable bonds is 7. The third kappa shape index (κ3) is 5.35. The van der Waals surface area contributed by atoms with Gasteiger partial charge in [-0.25, -0.2) is 0 Å². The van der Waals surface area contributed by atoms with Gasteiger partial charge in [-0.3, -0.25) is 25.0 Å². The predicted molar refractivity (Wildman–Crippen MR) is 123 cm³/mol. The van der Waals surface area contributed by atoms with Gasteiger partial charge in [0.15, 0.2) is 0 Å². The largest absolute Gasteiger partial charge is 0.403 e. The van der Waals surface area contributed by atoms with Crippen LogP contribution in [0.3, 0.4) is 0 Å². The smallest absolute Gasteiger partial charge is 0.322 e. The first-order valence-corrected chi connectivity index (χ1v) is 10.4. The molecule has 0 atom stereocenters. The fraction of sp³-hybridized carbons (Fsp3) is 0. The zero-order chi connectivity index (χ0) is 23.2. The van der Waals surface area contributed by atoms with Crippen molar-refractivity contribution in [3.8, 4) is 11.5 Å². The molecule has 0 radical (unpaired) electrons. The van der Waals surface area contributed by atoms with E-state index in [1.165, 1.54) is 41.7 Å². The first-order valence-electron chi connectivity index (χ1n) is 9.51. The van der Waals surface area contributed by atoms with Crippen LogP contribution in [0.2, 0.25) is 0 Å². The van der Waals surface area contributed by atoms with Gasteiger partial charge in [-0.1, -0.05) is 23.3 Å². The standard InChI is InChI=1S/C22H15N5O5S/c28-19(12-11-16-4-3-13-33-16)23-18-6-2-1-5-17(18)20(29)24-22-26-25-21(32-22)14-7-9-15(10-8-14)27(30)31/h1-13H,(H,23,28)(H,24,26,29)/b12-11+. The van der Waals surface area contributed by atoms with Crippen LogP contribution in [0.15, 0.2) is 76.5 Å². The van der Waals surface area contributed by atoms with Crippen molar-refractivity contribution in [2.24, 2.45) is 0 Å². The molecule has 0 saturated heterocycles. The Bertz CT molecular complexity index is 1330. The molecule has 0 unspecified atom stereocenters. The van der Waals surface area contributed by atoms with E-state index >= 15 is 0 Å². The number of nitrogens with one attached hydrogen (secondary N) is 2. The van der Waals surface area contributed by atoms with Gasteiger partial charge in [0, 0.05) is 28.6 Å². The number of aromatic nitrogens is 2. The summed E-state index contributed by atoms with van der Waals surface area (Å²) in [6.45, 7) is 0. The molecule has 2 aromatic heterocycles. The van der Waals surface area contributed by atoms with Crippen molar-refractivity contribution in [2.75, 3.05) is 10.6 Å². The average molecular weight is 461 g/mol. The van der Waals surface area contributed by atoms with Gasteiger partial charge in [0.2, 0.25) is 11.8 Å². The van der Waals surface area contributed by atoms with Crippen molar-refractivity contribution < 1.29 is 18.9 Å². The lowest BCUT2D eigenvalue weighted by molar-refractivity contribution is -0.384. The molecule has 2 aromatic carbocycles. The van der Waals surface area contributed by atoms with Gasteiger partial charge in [0.05, 0.1) is 16.2 Å². The van der Waals surface area contributed by atoms with Crippen LogP contribution in [-0.4, -0.2) is 26.9 Å². The maximum absolute atomic E-state index is 12.7. The predicted octanol–water partition coefficient (Wildman–Crippen LogP) is 4.61. The van der Waals surface area contributed by atoms with Gasteiger partial charge < -0.3 is 9.73 Å². The van der Waals surface area contributed by atoms with E-state index in [2.05, 4.69) is 20.8 Å². The molecule has 4 rings (SSSR count). The van der Waals surface area contributed by atoms with E-state index < -0.39 is 10.8 Å². The minimum absolute atomic E-state index is 0.0734. The molecule has 0 aliphatic heterocycles. The number of nitro groups is 1. The van der Waals surface area contributed by atoms with Gasteiger partial charge in [0.1, 0.15) is 0 Å². The maximum atomic E-state index is 12.7. The Morgan fingerprint density at radius 2 is 1.79 bits per heavy atom. The van der Waals surface area contributed by atoms with Crippen molar-refractivity contribution in [3.05, 3.63) is 92.7 Å². The Balaban J connectivity index is 1.45. The number of benzene rings is 2. The SMILES string of the molecule is O=C(/C=C/c1cccs1)Nc1ccccc1C(=O)Nc1nnc(-c2ccc([N+](=O)[O-])cc2)o1. The van der Waals surface area contributed by atoms with Crippen molar-refractivity contribution in [3.63, 3.8) is 0 Å². The summed E-state index contributed by atoms with van der Waals surface area (Å²) < 4.78 is 5.44. The number of nitrogens with zero attached hydrogens (tertiary/aromatic N) is 3. The zero-order valence-corrected chi connectivity index (χ0v) is 17.6. The summed E-state index contributed by atoms with van der Waals surface area (Å²) in [5.41, 5.74) is 0.894. The molecule has 10 nitrogen and oxygen atoms in total. The highest BCUT2D eigenvalue weighted by Crippen LogP contribution is 2.23. The molecule has 2 heterocycles. The summed E-state index contributed by atoms with van der Waals surface area (Å²) >= 11 is 1.50. The Hall–Kier alpha value is -4.64. The van der Waals surface area contributed by atoms with Crippen LogP contribution < -0.4 is 10.6 Å². The molecule has 2 N–H and O–H groups in total. The van der Waals surface area contributed by atoms with E-state index in [0.717, 1.165) is 4.88 Å². The van der Waals surface area contributed by atoms with Crippen molar-refractivity contribution in [1.29, 1.82) is 0 Å². The molecule has 164 valence electrons. The first-order chi connectivity index (χ1) is 16.0. The maximum Gasteiger partial charge on any atom is 0.322 e. The number of hydrogen-bond donors (Lipinski definition) is 2. The number of carbonyl (C=O) groups is 2. The van der Waals surface area contributed by atoms with Gasteiger partial charge in [-0.05, 0) is 41.8 Å². The van der Waals surface area contributed by atoms with Crippen LogP contribution in [0.4, 0.5) is 17.4 Å². The molecular weight excluding hydrogens is 446 g/mol. The molecule has 0 spiro atoms. The summed E-state index contributed by atoms with van der Waals surface area (Å²) in [6, 6.07) is 15.6. The number of para-hydroxylation sites is 1. The Morgan fingerprint density at radius 1 is 1.00 bits per heavy atom. The number of anilines is 2. The topological polar surface area (TPSA) is 140 Å². The summed E-state index contributed by atoms with van der Waals surface area (Å²) in [5, 5.41) is 25.5. The molecule has 0 aliphatic rings. The summed E-state index contributed by atoms with van der Waals surface area (Å²) in [5.74, 6) is -0.866. The van der Waals surface area contributed by atoms with Gasteiger partial charge in [0.25, 0.3) is 11.6 Å². The average Bonchev–Trinajstić information content (AvgIpc) is 3.50. The van der Waals surface area contributed by atoms with E-state index in [1.54, 1.807) is 30.3 Å². The number of non-ortho nitro benzene ring substituents is 1. The minimum Gasteiger partial charge on any atom is -0.403 e. The molecular formula is C22H15N5O5S. The van der Waals surface area contributed by atoms with Crippen LogP contribution in [0.5, 0.6) is 0 Å². The lowest BCUT2D eigenvalue weighted by Gasteiger charge is -2.08. The van der Waals surface area contributed by atoms with Crippen molar-refractivity contribution in [2.45, 2.75) is 0 Å². The highest BCUT2D eigenvalue weighted by molar-refractivity contribution is 7.10. The fourth-order valence-electron chi connectivity index (χ4n) is 2.79. The molecule has 2 amide bonds. The number of nitro benzene ring substituents is 1. The Labute approximate surface area is 190 Å². The van der Waals surface area contributed by atoms with Crippen LogP contribution in [0.1, 0.15) is 15.2 Å². The lowest BCUT2D eigenvalue weighted by Crippen LogP contribution is -2.17. The van der Waals surface area contributed by atoms with Crippen LogP contribution in [-0.2, 0) is 4.79 Å². The van der Waals surface area contributed by atoms with Crippen LogP contribution in [0.25, 0.3) is 17.5 Å². The van der Waals surface area contributed by atoms with Gasteiger partial charge in [-0.15, -0.1) is 16.4 Å². The summed E-state index contributed by atoms with van der Waals surface area (Å²) in [4.78, 5) is 36.2.